The Labute approximate surface area is 331 Å². The number of carbonyl (C=O) groups excluding carboxylic acids is 2. The van der Waals surface area contributed by atoms with Crippen molar-refractivity contribution in [1.29, 1.82) is 0 Å². The summed E-state index contributed by atoms with van der Waals surface area (Å²) in [5.74, 6) is 1.000. The zero-order valence-corrected chi connectivity index (χ0v) is 33.9. The first-order valence-electron chi connectivity index (χ1n) is 19.4. The van der Waals surface area contributed by atoms with Crippen LogP contribution in [0.25, 0.3) is 0 Å². The van der Waals surface area contributed by atoms with E-state index < -0.39 is 40.5 Å². The Morgan fingerprint density at radius 1 is 0.500 bits per heavy atom. The molecule has 4 aromatic carbocycles. The first-order valence-corrected chi connectivity index (χ1v) is 19.4. The third-order valence-corrected chi connectivity index (χ3v) is 11.5. The lowest BCUT2D eigenvalue weighted by molar-refractivity contribution is -0.150. The summed E-state index contributed by atoms with van der Waals surface area (Å²) in [6, 6.07) is 26.8. The van der Waals surface area contributed by atoms with Crippen LogP contribution in [0.2, 0.25) is 0 Å². The van der Waals surface area contributed by atoms with Gasteiger partial charge in [0.1, 0.15) is 39.6 Å². The second kappa shape index (κ2) is 17.8. The molecule has 4 N–H and O–H groups in total. The molecule has 0 spiro atoms. The number of benzene rings is 4. The van der Waals surface area contributed by atoms with Crippen LogP contribution in [0.1, 0.15) is 82.1 Å². The van der Waals surface area contributed by atoms with Gasteiger partial charge in [0.15, 0.2) is 0 Å². The van der Waals surface area contributed by atoms with Crippen molar-refractivity contribution < 1.29 is 38.7 Å². The van der Waals surface area contributed by atoms with Gasteiger partial charge in [0, 0.05) is 0 Å². The molecule has 2 amide bonds. The second-order valence-electron chi connectivity index (χ2n) is 15.5. The number of hydrogen-bond donors (Lipinski definition) is 4. The third-order valence-electron chi connectivity index (χ3n) is 11.5. The van der Waals surface area contributed by atoms with Crippen LogP contribution in [0.5, 0.6) is 23.0 Å². The number of ether oxygens (including phenoxy) is 4. The van der Waals surface area contributed by atoms with Gasteiger partial charge in [-0.25, -0.2) is 0 Å². The first-order chi connectivity index (χ1) is 26.8. The predicted molar refractivity (Wildman–Crippen MR) is 217 cm³/mol. The molecule has 1 fully saturated rings. The minimum atomic E-state index is -1.71. The van der Waals surface area contributed by atoms with Crippen molar-refractivity contribution in [1.82, 2.24) is 10.6 Å². The van der Waals surface area contributed by atoms with E-state index in [1.807, 2.05) is 27.7 Å². The van der Waals surface area contributed by atoms with Crippen LogP contribution < -0.4 is 29.6 Å². The molecular formula is C46H58N2O8. The number of methoxy groups -OCH3 is 4. The van der Waals surface area contributed by atoms with Crippen molar-refractivity contribution in [2.45, 2.75) is 83.1 Å². The molecule has 10 heteroatoms. The maximum absolute atomic E-state index is 15.1. The molecule has 300 valence electrons. The maximum Gasteiger partial charge on any atom is 0.236 e. The minimum absolute atomic E-state index is 0.282. The number of rotatable bonds is 16. The molecular weight excluding hydrogens is 709 g/mol. The Balaban J connectivity index is 1.57. The number of aliphatic hydroxyl groups is 2. The van der Waals surface area contributed by atoms with Crippen LogP contribution in [-0.4, -0.2) is 62.6 Å². The molecule has 0 aromatic heterocycles. The van der Waals surface area contributed by atoms with E-state index in [9.17, 15) is 10.2 Å². The second-order valence-corrected chi connectivity index (χ2v) is 15.5. The van der Waals surface area contributed by atoms with E-state index in [4.69, 9.17) is 18.9 Å². The summed E-state index contributed by atoms with van der Waals surface area (Å²) < 4.78 is 21.7. The van der Waals surface area contributed by atoms with Crippen LogP contribution in [0, 0.1) is 17.3 Å². The lowest BCUT2D eigenvalue weighted by Gasteiger charge is -2.45. The van der Waals surface area contributed by atoms with Gasteiger partial charge in [-0.1, -0.05) is 95.5 Å². The van der Waals surface area contributed by atoms with Crippen molar-refractivity contribution in [3.05, 3.63) is 119 Å². The molecule has 1 saturated carbocycles. The Kier molecular flexibility index (Phi) is 13.4. The number of nitrogens with one attached hydrogen (secondary N) is 2. The number of carbonyl (C=O) groups is 2. The average Bonchev–Trinajstić information content (AvgIpc) is 3.24. The average molecular weight is 767 g/mol. The molecule has 2 atom stereocenters. The lowest BCUT2D eigenvalue weighted by atomic mass is 9.70. The van der Waals surface area contributed by atoms with E-state index in [1.165, 1.54) is 0 Å². The summed E-state index contributed by atoms with van der Waals surface area (Å²) in [4.78, 5) is 30.1. The molecule has 0 saturated heterocycles. The molecule has 1 aliphatic rings. The Hall–Kier alpha value is -5.06. The summed E-state index contributed by atoms with van der Waals surface area (Å²) in [6.07, 6.45) is 2.84. The van der Waals surface area contributed by atoms with Gasteiger partial charge in [-0.3, -0.25) is 9.59 Å². The van der Waals surface area contributed by atoms with Crippen molar-refractivity contribution in [2.24, 2.45) is 17.3 Å². The summed E-state index contributed by atoms with van der Waals surface area (Å²) in [5, 5.41) is 32.4. The molecule has 1 aliphatic carbocycles. The van der Waals surface area contributed by atoms with E-state index in [0.717, 1.165) is 6.42 Å². The van der Waals surface area contributed by atoms with Crippen molar-refractivity contribution >= 4 is 11.8 Å². The zero-order chi connectivity index (χ0) is 40.7. The SMILES string of the molecule is COc1ccc(C(O)(c2ccc(OC)cc2)[C@H](NC(=O)C2(C(=O)N[C@H](C(C)C)C(O)(c3ccc(OC)cc3)c3ccc(OC)cc3)CCCCC2)C(C)C)cc1. The molecule has 56 heavy (non-hydrogen) atoms. The number of hydrogen-bond acceptors (Lipinski definition) is 8. The standard InChI is InChI=1S/C46H58N2O8/c1-30(2)40(45(51,32-12-20-36(53-5)21-13-32)33-14-22-37(54-6)23-15-33)47-42(49)44(28-10-9-11-29-44)43(50)48-41(31(3)4)46(52,34-16-24-38(55-7)25-17-34)35-18-26-39(56-8)27-19-35/h12-27,30-31,40-41,51-52H,9-11,28-29H2,1-8H3,(H,47,49)(H,48,50)/t40-,41-/m1/s1. The molecule has 0 heterocycles. The molecule has 4 aromatic rings. The fourth-order valence-electron chi connectivity index (χ4n) is 8.21. The fraction of sp³-hybridized carbons (Fsp3) is 0.435. The molecule has 0 bridgehead atoms. The van der Waals surface area contributed by atoms with Gasteiger partial charge in [-0.05, 0) is 95.5 Å². The van der Waals surface area contributed by atoms with E-state index in [0.29, 0.717) is 70.9 Å². The normalized spacial score (nSPS) is 15.4. The van der Waals surface area contributed by atoms with Gasteiger partial charge < -0.3 is 39.8 Å². The maximum atomic E-state index is 15.1. The third kappa shape index (κ3) is 8.22. The van der Waals surface area contributed by atoms with Gasteiger partial charge in [-0.15, -0.1) is 0 Å². The highest BCUT2D eigenvalue weighted by atomic mass is 16.5. The van der Waals surface area contributed by atoms with E-state index >= 15 is 9.59 Å². The summed E-state index contributed by atoms with van der Waals surface area (Å²) in [6.45, 7) is 7.76. The van der Waals surface area contributed by atoms with Gasteiger partial charge in [0.2, 0.25) is 11.8 Å². The molecule has 0 aliphatic heterocycles. The van der Waals surface area contributed by atoms with Crippen molar-refractivity contribution in [3.8, 4) is 23.0 Å². The van der Waals surface area contributed by atoms with Gasteiger partial charge in [-0.2, -0.15) is 0 Å². The predicted octanol–water partition coefficient (Wildman–Crippen LogP) is 7.13. The van der Waals surface area contributed by atoms with Crippen LogP contribution in [0.15, 0.2) is 97.1 Å². The Morgan fingerprint density at radius 2 is 0.750 bits per heavy atom. The lowest BCUT2D eigenvalue weighted by Crippen LogP contribution is -2.63. The topological polar surface area (TPSA) is 136 Å². The van der Waals surface area contributed by atoms with Gasteiger partial charge in [0.25, 0.3) is 0 Å². The highest BCUT2D eigenvalue weighted by Crippen LogP contribution is 2.43. The highest BCUT2D eigenvalue weighted by Gasteiger charge is 2.53. The monoisotopic (exact) mass is 766 g/mol. The van der Waals surface area contributed by atoms with Crippen LogP contribution in [0.3, 0.4) is 0 Å². The molecule has 10 nitrogen and oxygen atoms in total. The Morgan fingerprint density at radius 3 is 0.964 bits per heavy atom. The fourth-order valence-corrected chi connectivity index (χ4v) is 8.21. The molecule has 0 unspecified atom stereocenters. The number of amides is 2. The highest BCUT2D eigenvalue weighted by molar-refractivity contribution is 6.05. The van der Waals surface area contributed by atoms with Crippen LogP contribution >= 0.6 is 0 Å². The van der Waals surface area contributed by atoms with E-state index in [2.05, 4.69) is 10.6 Å². The molecule has 0 radical (unpaired) electrons. The summed E-state index contributed by atoms with van der Waals surface area (Å²) in [7, 11) is 6.31. The van der Waals surface area contributed by atoms with Crippen LogP contribution in [-0.2, 0) is 20.8 Å². The zero-order valence-electron chi connectivity index (χ0n) is 33.9. The Bertz CT molecular complexity index is 1660. The quantitative estimate of drug-likeness (QED) is 0.0886. The largest absolute Gasteiger partial charge is 0.497 e. The molecule has 5 rings (SSSR count). The minimum Gasteiger partial charge on any atom is -0.497 e. The first kappa shape index (κ1) is 42.1. The summed E-state index contributed by atoms with van der Waals surface area (Å²) >= 11 is 0. The summed E-state index contributed by atoms with van der Waals surface area (Å²) in [5.41, 5.74) is -2.69. The van der Waals surface area contributed by atoms with Crippen LogP contribution in [0.4, 0.5) is 0 Å². The van der Waals surface area contributed by atoms with E-state index in [1.54, 1.807) is 126 Å². The van der Waals surface area contributed by atoms with Crippen molar-refractivity contribution in [2.75, 3.05) is 28.4 Å². The van der Waals surface area contributed by atoms with Crippen molar-refractivity contribution in [3.63, 3.8) is 0 Å². The van der Waals surface area contributed by atoms with Gasteiger partial charge >= 0.3 is 0 Å². The van der Waals surface area contributed by atoms with Gasteiger partial charge in [0.05, 0.1) is 40.5 Å². The van der Waals surface area contributed by atoms with E-state index in [-0.39, 0.29) is 11.8 Å². The smallest absolute Gasteiger partial charge is 0.236 e.